The molecule has 3 rings (SSSR count). The van der Waals surface area contributed by atoms with Crippen molar-refractivity contribution in [1.29, 1.82) is 5.26 Å². The van der Waals surface area contributed by atoms with Gasteiger partial charge >= 0.3 is 11.9 Å². The van der Waals surface area contributed by atoms with Gasteiger partial charge in [0, 0.05) is 23.5 Å². The highest BCUT2D eigenvalue weighted by atomic mass is 16.5. The Bertz CT molecular complexity index is 1110. The van der Waals surface area contributed by atoms with E-state index >= 15 is 0 Å². The van der Waals surface area contributed by atoms with Crippen molar-refractivity contribution in [3.05, 3.63) is 71.4 Å². The molecule has 3 aromatic rings. The van der Waals surface area contributed by atoms with Crippen LogP contribution in [0.4, 0.5) is 0 Å². The monoisotopic (exact) mass is 405 g/mol. The molecule has 0 fully saturated rings. The smallest absolute Gasteiger partial charge is 0.338 e. The van der Waals surface area contributed by atoms with Crippen molar-refractivity contribution in [3.63, 3.8) is 0 Å². The van der Waals surface area contributed by atoms with E-state index in [1.54, 1.807) is 6.20 Å². The van der Waals surface area contributed by atoms with Crippen LogP contribution in [0.3, 0.4) is 0 Å². The van der Waals surface area contributed by atoms with Crippen LogP contribution in [0.15, 0.2) is 54.7 Å². The summed E-state index contributed by atoms with van der Waals surface area (Å²) >= 11 is 0. The number of aromatic nitrogens is 1. The predicted molar refractivity (Wildman–Crippen MR) is 107 cm³/mol. The van der Waals surface area contributed by atoms with E-state index in [4.69, 9.17) is 14.7 Å². The van der Waals surface area contributed by atoms with Crippen molar-refractivity contribution in [2.45, 2.75) is 12.5 Å². The summed E-state index contributed by atoms with van der Waals surface area (Å²) in [5, 5.41) is 12.3. The molecule has 8 heteroatoms. The van der Waals surface area contributed by atoms with Crippen LogP contribution in [0, 0.1) is 11.3 Å². The number of nitrogens with one attached hydrogen (secondary N) is 2. The number of esters is 2. The zero-order chi connectivity index (χ0) is 21.5. The fourth-order valence-corrected chi connectivity index (χ4v) is 2.99. The molecule has 0 aliphatic rings. The van der Waals surface area contributed by atoms with Crippen LogP contribution in [0.2, 0.25) is 0 Å². The van der Waals surface area contributed by atoms with E-state index in [0.29, 0.717) is 5.56 Å². The van der Waals surface area contributed by atoms with Gasteiger partial charge in [0.15, 0.2) is 6.61 Å². The molecule has 2 N–H and O–H groups in total. The molecule has 1 aromatic heterocycles. The molecule has 152 valence electrons. The number of H-pyrrole nitrogens is 1. The average molecular weight is 405 g/mol. The van der Waals surface area contributed by atoms with Gasteiger partial charge in [-0.25, -0.2) is 9.59 Å². The second-order valence-corrected chi connectivity index (χ2v) is 6.47. The Hall–Kier alpha value is -4.12. The average Bonchev–Trinajstić information content (AvgIpc) is 3.19. The second-order valence-electron chi connectivity index (χ2n) is 6.47. The zero-order valence-corrected chi connectivity index (χ0v) is 16.2. The normalized spacial score (nSPS) is 11.3. The highest BCUT2D eigenvalue weighted by Gasteiger charge is 2.24. The van der Waals surface area contributed by atoms with Crippen LogP contribution < -0.4 is 5.32 Å². The molecular weight excluding hydrogens is 386 g/mol. The fourth-order valence-electron chi connectivity index (χ4n) is 2.99. The third kappa shape index (κ3) is 4.83. The van der Waals surface area contributed by atoms with Gasteiger partial charge in [-0.2, -0.15) is 5.26 Å². The maximum atomic E-state index is 12.3. The number of nitriles is 1. The first-order valence-corrected chi connectivity index (χ1v) is 9.11. The molecule has 1 amide bonds. The van der Waals surface area contributed by atoms with Gasteiger partial charge in [-0.3, -0.25) is 4.79 Å². The molecule has 8 nitrogen and oxygen atoms in total. The summed E-state index contributed by atoms with van der Waals surface area (Å²) in [5.74, 6) is -1.94. The molecule has 0 spiro atoms. The van der Waals surface area contributed by atoms with Gasteiger partial charge < -0.3 is 19.8 Å². The molecular formula is C22H19N3O5. The SMILES string of the molecule is COC(=O)[C@H](Cc1c[nH]c2ccccc12)NC(=O)COC(=O)c1ccc(C#N)cc1. The van der Waals surface area contributed by atoms with Crippen LogP contribution >= 0.6 is 0 Å². The Morgan fingerprint density at radius 2 is 1.87 bits per heavy atom. The minimum Gasteiger partial charge on any atom is -0.467 e. The Balaban J connectivity index is 1.61. The molecule has 2 aromatic carbocycles. The summed E-state index contributed by atoms with van der Waals surface area (Å²) in [6.07, 6.45) is 1.99. The minimum atomic E-state index is -0.935. The van der Waals surface area contributed by atoms with Crippen LogP contribution in [-0.2, 0) is 25.5 Å². The Kier molecular flexibility index (Phi) is 6.45. The summed E-state index contributed by atoms with van der Waals surface area (Å²) in [5.41, 5.74) is 2.38. The number of ether oxygens (including phenoxy) is 2. The summed E-state index contributed by atoms with van der Waals surface area (Å²) in [7, 11) is 1.24. The Morgan fingerprint density at radius 1 is 1.13 bits per heavy atom. The number of para-hydroxylation sites is 1. The number of carbonyl (C=O) groups excluding carboxylic acids is 3. The summed E-state index contributed by atoms with van der Waals surface area (Å²) < 4.78 is 9.78. The maximum Gasteiger partial charge on any atom is 0.338 e. The van der Waals surface area contributed by atoms with Crippen molar-refractivity contribution in [1.82, 2.24) is 10.3 Å². The number of rotatable bonds is 7. The van der Waals surface area contributed by atoms with E-state index in [1.807, 2.05) is 30.3 Å². The standard InChI is InChI=1S/C22H19N3O5/c1-29-22(28)19(10-16-12-24-18-5-3-2-4-17(16)18)25-20(26)13-30-21(27)15-8-6-14(11-23)7-9-15/h2-9,12,19,24H,10,13H2,1H3,(H,25,26)/t19-/m0/s1. The summed E-state index contributed by atoms with van der Waals surface area (Å²) in [4.78, 5) is 39.6. The van der Waals surface area contributed by atoms with E-state index in [0.717, 1.165) is 16.5 Å². The van der Waals surface area contributed by atoms with E-state index in [2.05, 4.69) is 10.3 Å². The van der Waals surface area contributed by atoms with E-state index < -0.39 is 30.5 Å². The number of methoxy groups -OCH3 is 1. The van der Waals surface area contributed by atoms with Crippen molar-refractivity contribution < 1.29 is 23.9 Å². The molecule has 30 heavy (non-hydrogen) atoms. The number of aromatic amines is 1. The number of carbonyl (C=O) groups is 3. The van der Waals surface area contributed by atoms with E-state index in [1.165, 1.54) is 31.4 Å². The van der Waals surface area contributed by atoms with Crippen molar-refractivity contribution in [2.75, 3.05) is 13.7 Å². The highest BCUT2D eigenvalue weighted by Crippen LogP contribution is 2.19. The number of amides is 1. The third-order valence-electron chi connectivity index (χ3n) is 4.50. The number of nitrogens with zero attached hydrogens (tertiary/aromatic N) is 1. The number of hydrogen-bond acceptors (Lipinski definition) is 6. The Labute approximate surface area is 172 Å². The summed E-state index contributed by atoms with van der Waals surface area (Å²) in [6, 6.07) is 14.4. The zero-order valence-electron chi connectivity index (χ0n) is 16.2. The first-order chi connectivity index (χ1) is 14.5. The van der Waals surface area contributed by atoms with Crippen LogP contribution in [-0.4, -0.2) is 42.6 Å². The molecule has 0 saturated heterocycles. The summed E-state index contributed by atoms with van der Waals surface area (Å²) in [6.45, 7) is -0.555. The Morgan fingerprint density at radius 3 is 2.57 bits per heavy atom. The number of hydrogen-bond donors (Lipinski definition) is 2. The minimum absolute atomic E-state index is 0.213. The molecule has 0 unspecified atom stereocenters. The highest BCUT2D eigenvalue weighted by molar-refractivity contribution is 5.92. The van der Waals surface area contributed by atoms with E-state index in [-0.39, 0.29) is 12.0 Å². The maximum absolute atomic E-state index is 12.3. The van der Waals surface area contributed by atoms with Gasteiger partial charge in [0.2, 0.25) is 0 Å². The second kappa shape index (κ2) is 9.39. The molecule has 0 aliphatic heterocycles. The lowest BCUT2D eigenvalue weighted by Gasteiger charge is -2.16. The molecule has 1 heterocycles. The van der Waals surface area contributed by atoms with Crippen molar-refractivity contribution in [3.8, 4) is 6.07 Å². The molecule has 0 radical (unpaired) electrons. The third-order valence-corrected chi connectivity index (χ3v) is 4.50. The van der Waals surface area contributed by atoms with Crippen molar-refractivity contribution in [2.24, 2.45) is 0 Å². The lowest BCUT2D eigenvalue weighted by Crippen LogP contribution is -2.44. The van der Waals surface area contributed by atoms with Gasteiger partial charge in [0.05, 0.1) is 24.3 Å². The molecule has 1 atom stereocenters. The first-order valence-electron chi connectivity index (χ1n) is 9.11. The van der Waals surface area contributed by atoms with Gasteiger partial charge in [0.25, 0.3) is 5.91 Å². The lowest BCUT2D eigenvalue weighted by molar-refractivity contribution is -0.145. The molecule has 0 saturated carbocycles. The van der Waals surface area contributed by atoms with Gasteiger partial charge in [-0.1, -0.05) is 18.2 Å². The topological polar surface area (TPSA) is 121 Å². The van der Waals surface area contributed by atoms with Gasteiger partial charge in [-0.15, -0.1) is 0 Å². The van der Waals surface area contributed by atoms with Gasteiger partial charge in [0.1, 0.15) is 6.04 Å². The van der Waals surface area contributed by atoms with E-state index in [9.17, 15) is 14.4 Å². The number of benzene rings is 2. The molecule has 0 aliphatic carbocycles. The van der Waals surface area contributed by atoms with Crippen molar-refractivity contribution >= 4 is 28.7 Å². The van der Waals surface area contributed by atoms with Gasteiger partial charge in [-0.05, 0) is 35.9 Å². The van der Waals surface area contributed by atoms with Crippen LogP contribution in [0.25, 0.3) is 10.9 Å². The quantitative estimate of drug-likeness (QED) is 0.581. The number of fused-ring (bicyclic) bond motifs is 1. The first kappa shape index (κ1) is 20.6. The predicted octanol–water partition coefficient (Wildman–Crippen LogP) is 2.10. The van der Waals surface area contributed by atoms with Crippen LogP contribution in [0.1, 0.15) is 21.5 Å². The largest absolute Gasteiger partial charge is 0.467 e. The van der Waals surface area contributed by atoms with Crippen LogP contribution in [0.5, 0.6) is 0 Å². The fraction of sp³-hybridized carbons (Fsp3) is 0.182. The molecule has 0 bridgehead atoms. The lowest BCUT2D eigenvalue weighted by atomic mass is 10.0.